The molecule has 1 N–H and O–H groups in total. The largest absolute Gasteiger partial charge is 0.484 e. The fourth-order valence-electron chi connectivity index (χ4n) is 3.08. The average Bonchev–Trinajstić information content (AvgIpc) is 2.96. The Kier molecular flexibility index (Phi) is 7.56. The van der Waals surface area contributed by atoms with Crippen molar-refractivity contribution in [2.75, 3.05) is 18.5 Å². The number of hydrogen-bond donors (Lipinski definition) is 1. The second kappa shape index (κ2) is 9.69. The first-order chi connectivity index (χ1) is 13.6. The lowest BCUT2D eigenvalue weighted by Gasteiger charge is -2.12. The minimum atomic E-state index is -0.565. The molecule has 0 aliphatic carbocycles. The Morgan fingerprint density at radius 3 is 2.41 bits per heavy atom. The minimum absolute atomic E-state index is 0.171. The van der Waals surface area contributed by atoms with E-state index in [4.69, 9.17) is 9.47 Å². The van der Waals surface area contributed by atoms with Gasteiger partial charge >= 0.3 is 5.97 Å². The summed E-state index contributed by atoms with van der Waals surface area (Å²) in [4.78, 5) is 37.0. The maximum atomic E-state index is 12.4. The number of hydrogen-bond acceptors (Lipinski definition) is 6. The first-order valence-electron chi connectivity index (χ1n) is 9.50. The van der Waals surface area contributed by atoms with E-state index >= 15 is 0 Å². The van der Waals surface area contributed by atoms with Crippen LogP contribution in [0.3, 0.4) is 0 Å². The second-order valence-corrected chi connectivity index (χ2v) is 8.07. The molecule has 1 aromatic heterocycles. The molecule has 0 aliphatic rings. The molecule has 2 rings (SSSR count). The van der Waals surface area contributed by atoms with Crippen molar-refractivity contribution in [2.24, 2.45) is 0 Å². The fourth-order valence-corrected chi connectivity index (χ4v) is 4.19. The lowest BCUT2D eigenvalue weighted by molar-refractivity contribution is -0.118. The van der Waals surface area contributed by atoms with Gasteiger partial charge in [0.1, 0.15) is 10.8 Å². The molecule has 0 saturated heterocycles. The van der Waals surface area contributed by atoms with Gasteiger partial charge in [-0.05, 0) is 62.4 Å². The van der Waals surface area contributed by atoms with Crippen LogP contribution in [0.2, 0.25) is 0 Å². The molecule has 29 heavy (non-hydrogen) atoms. The van der Waals surface area contributed by atoms with E-state index in [1.165, 1.54) is 12.5 Å². The van der Waals surface area contributed by atoms with Gasteiger partial charge in [-0.25, -0.2) is 4.79 Å². The molecule has 156 valence electrons. The molecule has 1 amide bonds. The molecule has 0 spiro atoms. The number of esters is 1. The van der Waals surface area contributed by atoms with Gasteiger partial charge in [0.25, 0.3) is 5.91 Å². The van der Waals surface area contributed by atoms with Crippen molar-refractivity contribution in [1.82, 2.24) is 0 Å². The van der Waals surface area contributed by atoms with E-state index in [-0.39, 0.29) is 24.6 Å². The van der Waals surface area contributed by atoms with E-state index in [2.05, 4.69) is 19.2 Å². The number of carbonyl (C=O) groups excluding carboxylic acids is 3. The van der Waals surface area contributed by atoms with Gasteiger partial charge in [0.15, 0.2) is 12.4 Å². The van der Waals surface area contributed by atoms with Gasteiger partial charge in [0.05, 0.1) is 17.0 Å². The molecule has 2 aromatic rings. The first-order valence-corrected chi connectivity index (χ1v) is 10.3. The number of anilines is 1. The number of ketones is 1. The molecular weight excluding hydrogens is 390 g/mol. The summed E-state index contributed by atoms with van der Waals surface area (Å²) in [5, 5.41) is 2.98. The Hall–Kier alpha value is -2.67. The van der Waals surface area contributed by atoms with Crippen LogP contribution in [0.4, 0.5) is 5.00 Å². The van der Waals surface area contributed by atoms with Gasteiger partial charge in [-0.1, -0.05) is 19.9 Å². The van der Waals surface area contributed by atoms with Crippen LogP contribution in [-0.4, -0.2) is 30.9 Å². The monoisotopic (exact) mass is 417 g/mol. The standard InChI is InChI=1S/C22H27NO5S/c1-7-27-22(26)19-14(5)20(15(6)24)29-21(19)23-18(25)11-28-16-8-9-17(12(2)3)13(4)10-16/h8-10,12H,7,11H2,1-6H3,(H,23,25). The normalized spacial score (nSPS) is 10.7. The van der Waals surface area contributed by atoms with Crippen molar-refractivity contribution < 1.29 is 23.9 Å². The van der Waals surface area contributed by atoms with Gasteiger partial charge < -0.3 is 14.8 Å². The molecule has 1 aromatic carbocycles. The van der Waals surface area contributed by atoms with E-state index in [0.717, 1.165) is 16.9 Å². The topological polar surface area (TPSA) is 81.7 Å². The van der Waals surface area contributed by atoms with Crippen molar-refractivity contribution in [1.29, 1.82) is 0 Å². The Bertz CT molecular complexity index is 930. The number of thiophene rings is 1. The highest BCUT2D eigenvalue weighted by Gasteiger charge is 2.25. The van der Waals surface area contributed by atoms with Crippen molar-refractivity contribution >= 4 is 34.0 Å². The van der Waals surface area contributed by atoms with Crippen LogP contribution >= 0.6 is 11.3 Å². The van der Waals surface area contributed by atoms with Crippen molar-refractivity contribution in [3.63, 3.8) is 0 Å². The summed E-state index contributed by atoms with van der Waals surface area (Å²) in [6.45, 7) is 11.0. The Morgan fingerprint density at radius 1 is 1.17 bits per heavy atom. The molecule has 0 radical (unpaired) electrons. The third kappa shape index (κ3) is 5.44. The number of Topliss-reactive ketones (excluding diaryl/α,β-unsaturated/α-hetero) is 1. The van der Waals surface area contributed by atoms with Crippen LogP contribution in [0.1, 0.15) is 70.3 Å². The van der Waals surface area contributed by atoms with Gasteiger partial charge in [0, 0.05) is 0 Å². The van der Waals surface area contributed by atoms with Crippen LogP contribution in [0.25, 0.3) is 0 Å². The summed E-state index contributed by atoms with van der Waals surface area (Å²) >= 11 is 1.07. The summed E-state index contributed by atoms with van der Waals surface area (Å²) < 4.78 is 10.7. The number of nitrogens with one attached hydrogen (secondary N) is 1. The van der Waals surface area contributed by atoms with E-state index in [1.807, 2.05) is 25.1 Å². The minimum Gasteiger partial charge on any atom is -0.484 e. The number of amides is 1. The van der Waals surface area contributed by atoms with Crippen molar-refractivity contribution in [2.45, 2.75) is 47.5 Å². The van der Waals surface area contributed by atoms with E-state index in [9.17, 15) is 14.4 Å². The smallest absolute Gasteiger partial charge is 0.341 e. The van der Waals surface area contributed by atoms with Gasteiger partial charge in [-0.15, -0.1) is 11.3 Å². The van der Waals surface area contributed by atoms with E-state index in [1.54, 1.807) is 13.8 Å². The summed E-state index contributed by atoms with van der Waals surface area (Å²) in [5.74, 6) is -0.150. The van der Waals surface area contributed by atoms with Crippen LogP contribution in [0, 0.1) is 13.8 Å². The molecule has 0 bridgehead atoms. The van der Waals surface area contributed by atoms with Gasteiger partial charge in [-0.3, -0.25) is 9.59 Å². The predicted octanol–water partition coefficient (Wildman–Crippen LogP) is 4.89. The quantitative estimate of drug-likeness (QED) is 0.489. The maximum Gasteiger partial charge on any atom is 0.341 e. The number of aryl methyl sites for hydroxylation is 1. The van der Waals surface area contributed by atoms with Crippen LogP contribution < -0.4 is 10.1 Å². The summed E-state index contributed by atoms with van der Waals surface area (Å²) in [6, 6.07) is 5.73. The fraction of sp³-hybridized carbons (Fsp3) is 0.409. The zero-order valence-electron chi connectivity index (χ0n) is 17.7. The third-order valence-electron chi connectivity index (χ3n) is 4.43. The highest BCUT2D eigenvalue weighted by atomic mass is 32.1. The molecule has 7 heteroatoms. The van der Waals surface area contributed by atoms with Gasteiger partial charge in [0.2, 0.25) is 0 Å². The molecular formula is C22H27NO5S. The summed E-state index contributed by atoms with van der Waals surface area (Å²) in [7, 11) is 0. The van der Waals surface area contributed by atoms with Crippen LogP contribution in [0.5, 0.6) is 5.75 Å². The number of benzene rings is 1. The summed E-state index contributed by atoms with van der Waals surface area (Å²) in [6.07, 6.45) is 0. The predicted molar refractivity (Wildman–Crippen MR) is 114 cm³/mol. The lowest BCUT2D eigenvalue weighted by atomic mass is 9.98. The number of carbonyl (C=O) groups is 3. The van der Waals surface area contributed by atoms with E-state index in [0.29, 0.717) is 27.1 Å². The maximum absolute atomic E-state index is 12.4. The van der Waals surface area contributed by atoms with Crippen LogP contribution in [-0.2, 0) is 9.53 Å². The lowest BCUT2D eigenvalue weighted by Crippen LogP contribution is -2.21. The first kappa shape index (κ1) is 22.6. The highest BCUT2D eigenvalue weighted by molar-refractivity contribution is 7.18. The Balaban J connectivity index is 2.14. The number of rotatable bonds is 8. The highest BCUT2D eigenvalue weighted by Crippen LogP contribution is 2.34. The molecule has 0 unspecified atom stereocenters. The van der Waals surface area contributed by atoms with Crippen LogP contribution in [0.15, 0.2) is 18.2 Å². The van der Waals surface area contributed by atoms with Crippen molar-refractivity contribution in [3.05, 3.63) is 45.3 Å². The zero-order chi connectivity index (χ0) is 21.7. The molecule has 0 saturated carbocycles. The number of ether oxygens (including phenoxy) is 2. The molecule has 0 aliphatic heterocycles. The second-order valence-electron chi connectivity index (χ2n) is 7.05. The van der Waals surface area contributed by atoms with Gasteiger partial charge in [-0.2, -0.15) is 0 Å². The summed E-state index contributed by atoms with van der Waals surface area (Å²) in [5.41, 5.74) is 3.05. The molecule has 0 fully saturated rings. The SMILES string of the molecule is CCOC(=O)c1c(NC(=O)COc2ccc(C(C)C)c(C)c2)sc(C(C)=O)c1C. The third-order valence-corrected chi connectivity index (χ3v) is 5.74. The van der Waals surface area contributed by atoms with Crippen molar-refractivity contribution in [3.8, 4) is 5.75 Å². The average molecular weight is 418 g/mol. The molecule has 0 atom stereocenters. The van der Waals surface area contributed by atoms with E-state index < -0.39 is 11.9 Å². The molecule has 1 heterocycles. The zero-order valence-corrected chi connectivity index (χ0v) is 18.5. The Morgan fingerprint density at radius 2 is 1.86 bits per heavy atom. The molecule has 6 nitrogen and oxygen atoms in total. The Labute approximate surface area is 175 Å².